The van der Waals surface area contributed by atoms with Crippen molar-refractivity contribution in [2.24, 2.45) is 0 Å². The van der Waals surface area contributed by atoms with Crippen molar-refractivity contribution in [1.82, 2.24) is 4.57 Å². The van der Waals surface area contributed by atoms with E-state index in [1.54, 1.807) is 17.7 Å². The van der Waals surface area contributed by atoms with Gasteiger partial charge < -0.3 is 9.30 Å². The van der Waals surface area contributed by atoms with Gasteiger partial charge in [0.05, 0.1) is 13.2 Å². The van der Waals surface area contributed by atoms with Crippen molar-refractivity contribution in [2.45, 2.75) is 13.2 Å². The Morgan fingerprint density at radius 3 is 2.50 bits per heavy atom. The lowest BCUT2D eigenvalue weighted by Gasteiger charge is -2.12. The fourth-order valence-electron chi connectivity index (χ4n) is 2.68. The van der Waals surface area contributed by atoms with Crippen LogP contribution in [-0.4, -0.2) is 11.7 Å². The number of benzene rings is 2. The minimum Gasteiger partial charge on any atom is -0.380 e. The number of aromatic nitrogens is 1. The third-order valence-corrected chi connectivity index (χ3v) is 4.13. The molecule has 0 aliphatic heterocycles. The van der Waals surface area contributed by atoms with Crippen molar-refractivity contribution in [2.75, 3.05) is 7.11 Å². The number of hydrogen-bond donors (Lipinski definition) is 0. The zero-order valence-electron chi connectivity index (χ0n) is 13.4. The monoisotopic (exact) mass is 339 g/mol. The van der Waals surface area contributed by atoms with Gasteiger partial charge in [-0.05, 0) is 40.5 Å². The molecule has 0 unspecified atom stereocenters. The molecule has 0 aliphatic rings. The number of nitrogens with zero attached hydrogens (tertiary/aromatic N) is 1. The van der Waals surface area contributed by atoms with E-state index in [0.29, 0.717) is 18.2 Å². The number of pyridine rings is 1. The van der Waals surface area contributed by atoms with Crippen LogP contribution in [0.3, 0.4) is 0 Å². The van der Waals surface area contributed by atoms with Crippen LogP contribution in [0, 0.1) is 0 Å². The van der Waals surface area contributed by atoms with Crippen LogP contribution in [0.25, 0.3) is 11.1 Å². The molecule has 0 spiro atoms. The maximum absolute atomic E-state index is 12.2. The zero-order chi connectivity index (χ0) is 16.9. The van der Waals surface area contributed by atoms with Gasteiger partial charge in [-0.25, -0.2) is 0 Å². The molecule has 0 saturated heterocycles. The molecular weight excluding hydrogens is 322 g/mol. The van der Waals surface area contributed by atoms with E-state index in [0.717, 1.165) is 22.3 Å². The summed E-state index contributed by atoms with van der Waals surface area (Å²) in [5, 5.41) is 0.688. The highest BCUT2D eigenvalue weighted by Gasteiger charge is 2.07. The Morgan fingerprint density at radius 2 is 1.75 bits per heavy atom. The smallest absolute Gasteiger partial charge is 0.250 e. The second-order valence-electron chi connectivity index (χ2n) is 5.60. The van der Waals surface area contributed by atoms with Gasteiger partial charge in [0.25, 0.3) is 5.56 Å². The van der Waals surface area contributed by atoms with Crippen LogP contribution in [-0.2, 0) is 17.9 Å². The molecule has 3 aromatic rings. The molecule has 0 radical (unpaired) electrons. The molecule has 0 bridgehead atoms. The highest BCUT2D eigenvalue weighted by Crippen LogP contribution is 2.23. The van der Waals surface area contributed by atoms with Gasteiger partial charge in [0.15, 0.2) is 0 Å². The SMILES string of the molecule is COCc1ccccc1-c1ccc(=O)n(Cc2ccc(Cl)cc2)c1. The summed E-state index contributed by atoms with van der Waals surface area (Å²) >= 11 is 5.92. The molecule has 122 valence electrons. The summed E-state index contributed by atoms with van der Waals surface area (Å²) in [5.41, 5.74) is 4.17. The standard InChI is InChI=1S/C20H18ClNO2/c1-24-14-17-4-2-3-5-19(17)16-8-11-20(23)22(13-16)12-15-6-9-18(21)10-7-15/h2-11,13H,12,14H2,1H3. The van der Waals surface area contributed by atoms with Crippen LogP contribution < -0.4 is 5.56 Å². The first-order chi connectivity index (χ1) is 11.7. The van der Waals surface area contributed by atoms with E-state index in [1.165, 1.54) is 0 Å². The Kier molecular flexibility index (Phi) is 5.14. The van der Waals surface area contributed by atoms with Gasteiger partial charge in [0.1, 0.15) is 0 Å². The lowest BCUT2D eigenvalue weighted by molar-refractivity contribution is 0.185. The van der Waals surface area contributed by atoms with Crippen molar-refractivity contribution in [3.63, 3.8) is 0 Å². The minimum absolute atomic E-state index is 0.0297. The summed E-state index contributed by atoms with van der Waals surface area (Å²) in [7, 11) is 1.68. The van der Waals surface area contributed by atoms with Crippen LogP contribution in [0.15, 0.2) is 71.7 Å². The maximum Gasteiger partial charge on any atom is 0.250 e. The lowest BCUT2D eigenvalue weighted by Crippen LogP contribution is -2.19. The Balaban J connectivity index is 1.97. The lowest BCUT2D eigenvalue weighted by atomic mass is 10.0. The minimum atomic E-state index is -0.0297. The number of methoxy groups -OCH3 is 1. The largest absolute Gasteiger partial charge is 0.380 e. The summed E-state index contributed by atoms with van der Waals surface area (Å²) in [6.07, 6.45) is 1.89. The molecule has 3 nitrogen and oxygen atoms in total. The first kappa shape index (κ1) is 16.5. The Morgan fingerprint density at radius 1 is 1.00 bits per heavy atom. The zero-order valence-corrected chi connectivity index (χ0v) is 14.2. The van der Waals surface area contributed by atoms with E-state index >= 15 is 0 Å². The van der Waals surface area contributed by atoms with Crippen LogP contribution in [0.4, 0.5) is 0 Å². The Hall–Kier alpha value is -2.36. The first-order valence-corrected chi connectivity index (χ1v) is 8.07. The molecule has 0 saturated carbocycles. The van der Waals surface area contributed by atoms with Crippen molar-refractivity contribution in [3.05, 3.63) is 93.4 Å². The molecule has 24 heavy (non-hydrogen) atoms. The second kappa shape index (κ2) is 7.47. The highest BCUT2D eigenvalue weighted by atomic mass is 35.5. The summed E-state index contributed by atoms with van der Waals surface area (Å²) in [6.45, 7) is 1.04. The molecule has 2 aromatic carbocycles. The summed E-state index contributed by atoms with van der Waals surface area (Å²) < 4.78 is 6.98. The van der Waals surface area contributed by atoms with Crippen molar-refractivity contribution >= 4 is 11.6 Å². The predicted octanol–water partition coefficient (Wildman–Crippen LogP) is 4.36. The topological polar surface area (TPSA) is 31.2 Å². The Bertz CT molecular complexity index is 885. The van der Waals surface area contributed by atoms with Crippen molar-refractivity contribution in [1.29, 1.82) is 0 Å². The van der Waals surface area contributed by atoms with Crippen molar-refractivity contribution < 1.29 is 4.74 Å². The molecule has 0 fully saturated rings. The van der Waals surface area contributed by atoms with Crippen LogP contribution in [0.2, 0.25) is 5.02 Å². The molecule has 4 heteroatoms. The second-order valence-corrected chi connectivity index (χ2v) is 6.04. The molecule has 3 rings (SSSR count). The van der Waals surface area contributed by atoms with Gasteiger partial charge in [0, 0.05) is 24.4 Å². The molecule has 0 amide bonds. The van der Waals surface area contributed by atoms with E-state index in [9.17, 15) is 4.79 Å². The number of halogens is 1. The van der Waals surface area contributed by atoms with E-state index in [4.69, 9.17) is 16.3 Å². The fraction of sp³-hybridized carbons (Fsp3) is 0.150. The van der Waals surface area contributed by atoms with E-state index in [-0.39, 0.29) is 5.56 Å². The number of ether oxygens (including phenoxy) is 1. The third-order valence-electron chi connectivity index (χ3n) is 3.88. The molecule has 1 aromatic heterocycles. The molecule has 0 atom stereocenters. The molecule has 1 heterocycles. The molecule has 0 N–H and O–H groups in total. The average molecular weight is 340 g/mol. The quantitative estimate of drug-likeness (QED) is 0.691. The first-order valence-electron chi connectivity index (χ1n) is 7.69. The normalized spacial score (nSPS) is 10.8. The molecular formula is C20H18ClNO2. The number of hydrogen-bond acceptors (Lipinski definition) is 2. The summed E-state index contributed by atoms with van der Waals surface area (Å²) in [5.74, 6) is 0. The highest BCUT2D eigenvalue weighted by molar-refractivity contribution is 6.30. The van der Waals surface area contributed by atoms with E-state index in [2.05, 4.69) is 0 Å². The van der Waals surface area contributed by atoms with Crippen LogP contribution in [0.1, 0.15) is 11.1 Å². The van der Waals surface area contributed by atoms with Crippen LogP contribution >= 0.6 is 11.6 Å². The van der Waals surface area contributed by atoms with E-state index < -0.39 is 0 Å². The van der Waals surface area contributed by atoms with Gasteiger partial charge in [-0.1, -0.05) is 48.0 Å². The van der Waals surface area contributed by atoms with Gasteiger partial charge in [-0.2, -0.15) is 0 Å². The molecule has 0 aliphatic carbocycles. The maximum atomic E-state index is 12.2. The Labute approximate surface area is 146 Å². The summed E-state index contributed by atoms with van der Waals surface area (Å²) in [6, 6.07) is 19.0. The van der Waals surface area contributed by atoms with Gasteiger partial charge >= 0.3 is 0 Å². The van der Waals surface area contributed by atoms with Gasteiger partial charge in [-0.3, -0.25) is 4.79 Å². The summed E-state index contributed by atoms with van der Waals surface area (Å²) in [4.78, 5) is 12.2. The van der Waals surface area contributed by atoms with Gasteiger partial charge in [0.2, 0.25) is 0 Å². The van der Waals surface area contributed by atoms with Gasteiger partial charge in [-0.15, -0.1) is 0 Å². The average Bonchev–Trinajstić information content (AvgIpc) is 2.60. The van der Waals surface area contributed by atoms with E-state index in [1.807, 2.05) is 60.8 Å². The van der Waals surface area contributed by atoms with Crippen LogP contribution in [0.5, 0.6) is 0 Å². The fourth-order valence-corrected chi connectivity index (χ4v) is 2.81. The third kappa shape index (κ3) is 3.75. The van der Waals surface area contributed by atoms with Crippen molar-refractivity contribution in [3.8, 4) is 11.1 Å². The number of rotatable bonds is 5. The predicted molar refractivity (Wildman–Crippen MR) is 97.4 cm³/mol.